The first kappa shape index (κ1) is 39.9. The lowest BCUT2D eigenvalue weighted by atomic mass is 9.92. The van der Waals surface area contributed by atoms with E-state index in [9.17, 15) is 5.26 Å². The minimum absolute atomic E-state index is 0.409. The molecule has 15 aromatic rings. The molecule has 5 aromatic heterocycles. The standard InChI is InChI=1S/C64H36N6O2/c65-37-41-36-48(64-67-62(39-20-6-2-7-21-39)66-63(68-64)40-22-8-3-9-23-40)58(69-49-28-14-10-26-46(49)56-51(69)34-32-44-42-24-12-16-30-53(42)71-60(44)56)59(55(41)38-18-4-1-5-19-38)70-50-29-15-11-27-47(50)57-52(70)35-33-45-43-25-13-17-31-54(43)72-61(45)57/h1-36H. The normalized spacial score (nSPS) is 11.9. The van der Waals surface area contributed by atoms with Gasteiger partial charge in [0.25, 0.3) is 0 Å². The highest BCUT2D eigenvalue weighted by Gasteiger charge is 2.31. The van der Waals surface area contributed by atoms with Crippen LogP contribution in [0.15, 0.2) is 227 Å². The van der Waals surface area contributed by atoms with Crippen molar-refractivity contribution < 1.29 is 8.83 Å². The van der Waals surface area contributed by atoms with E-state index in [1.807, 2.05) is 109 Å². The highest BCUT2D eigenvalue weighted by molar-refractivity contribution is 6.26. The van der Waals surface area contributed by atoms with Crippen LogP contribution in [-0.2, 0) is 0 Å². The second-order valence-electron chi connectivity index (χ2n) is 18.1. The number of hydrogen-bond acceptors (Lipinski definition) is 6. The molecule has 334 valence electrons. The van der Waals surface area contributed by atoms with Gasteiger partial charge in [0.15, 0.2) is 17.5 Å². The number of hydrogen-bond donors (Lipinski definition) is 0. The molecule has 0 saturated heterocycles. The zero-order valence-electron chi connectivity index (χ0n) is 38.3. The third-order valence-corrected chi connectivity index (χ3v) is 14.2. The molecule has 0 aliphatic carbocycles. The average molecular weight is 921 g/mol. The minimum Gasteiger partial charge on any atom is -0.455 e. The molecule has 0 amide bonds. The van der Waals surface area contributed by atoms with E-state index in [2.05, 4.69) is 124 Å². The van der Waals surface area contributed by atoms with Gasteiger partial charge in [-0.25, -0.2) is 15.0 Å². The maximum Gasteiger partial charge on any atom is 0.166 e. The zero-order chi connectivity index (χ0) is 47.4. The number of rotatable bonds is 6. The zero-order valence-corrected chi connectivity index (χ0v) is 38.3. The Hall–Kier alpha value is -10.1. The molecule has 0 aliphatic rings. The Morgan fingerprint density at radius 2 is 0.778 bits per heavy atom. The molecule has 10 aromatic carbocycles. The number of para-hydroxylation sites is 4. The highest BCUT2D eigenvalue weighted by atomic mass is 16.3. The smallest absolute Gasteiger partial charge is 0.166 e. The van der Waals surface area contributed by atoms with Crippen molar-refractivity contribution in [2.75, 3.05) is 0 Å². The van der Waals surface area contributed by atoms with Crippen molar-refractivity contribution in [3.8, 4) is 62.7 Å². The van der Waals surface area contributed by atoms with Gasteiger partial charge in [0.1, 0.15) is 22.3 Å². The van der Waals surface area contributed by atoms with Crippen LogP contribution in [-0.4, -0.2) is 24.1 Å². The monoisotopic (exact) mass is 920 g/mol. The molecule has 0 aliphatic heterocycles. The van der Waals surface area contributed by atoms with Crippen molar-refractivity contribution in [1.82, 2.24) is 24.1 Å². The number of furan rings is 2. The SMILES string of the molecule is N#Cc1cc(-c2nc(-c3ccccc3)nc(-c3ccccc3)n2)c(-n2c3ccccc3c3c4oc5ccccc5c4ccc32)c(-n2c3ccccc3c3c4oc5ccccc5c4ccc32)c1-c1ccccc1. The van der Waals surface area contributed by atoms with E-state index in [1.54, 1.807) is 0 Å². The maximum absolute atomic E-state index is 11.7. The molecule has 0 unspecified atom stereocenters. The second-order valence-corrected chi connectivity index (χ2v) is 18.1. The van der Waals surface area contributed by atoms with Gasteiger partial charge in [-0.2, -0.15) is 5.26 Å². The molecule has 72 heavy (non-hydrogen) atoms. The van der Waals surface area contributed by atoms with E-state index in [4.69, 9.17) is 23.8 Å². The van der Waals surface area contributed by atoms with Crippen LogP contribution < -0.4 is 0 Å². The fraction of sp³-hybridized carbons (Fsp3) is 0. The molecular weight excluding hydrogens is 885 g/mol. The van der Waals surface area contributed by atoms with E-state index in [1.165, 1.54) is 0 Å². The first-order chi connectivity index (χ1) is 35.7. The van der Waals surface area contributed by atoms with Crippen molar-refractivity contribution in [2.45, 2.75) is 0 Å². The van der Waals surface area contributed by atoms with Crippen molar-refractivity contribution >= 4 is 87.5 Å². The Labute approximate surface area is 410 Å². The van der Waals surface area contributed by atoms with E-state index < -0.39 is 0 Å². The fourth-order valence-electron chi connectivity index (χ4n) is 11.1. The summed E-state index contributed by atoms with van der Waals surface area (Å²) in [7, 11) is 0. The summed E-state index contributed by atoms with van der Waals surface area (Å²) >= 11 is 0. The summed E-state index contributed by atoms with van der Waals surface area (Å²) in [6.07, 6.45) is 0. The number of nitriles is 1. The van der Waals surface area contributed by atoms with Crippen LogP contribution in [0, 0.1) is 11.3 Å². The van der Waals surface area contributed by atoms with E-state index in [0.29, 0.717) is 28.6 Å². The third-order valence-electron chi connectivity index (χ3n) is 14.2. The van der Waals surface area contributed by atoms with Crippen LogP contribution in [0.3, 0.4) is 0 Å². The summed E-state index contributed by atoms with van der Waals surface area (Å²) in [6, 6.07) is 77.1. The van der Waals surface area contributed by atoms with Gasteiger partial charge < -0.3 is 18.0 Å². The number of aromatic nitrogens is 5. The largest absolute Gasteiger partial charge is 0.455 e. The predicted molar refractivity (Wildman–Crippen MR) is 290 cm³/mol. The van der Waals surface area contributed by atoms with Crippen LogP contribution in [0.25, 0.3) is 144 Å². The summed E-state index contributed by atoms with van der Waals surface area (Å²) in [5, 5.41) is 19.8. The lowest BCUT2D eigenvalue weighted by molar-refractivity contribution is 0.672. The summed E-state index contributed by atoms with van der Waals surface area (Å²) in [4.78, 5) is 16.0. The van der Waals surface area contributed by atoms with Crippen LogP contribution in [0.1, 0.15) is 5.56 Å². The summed E-state index contributed by atoms with van der Waals surface area (Å²) < 4.78 is 18.4. The molecule has 5 heterocycles. The van der Waals surface area contributed by atoms with Crippen molar-refractivity contribution in [3.05, 3.63) is 224 Å². The first-order valence-electron chi connectivity index (χ1n) is 23.9. The van der Waals surface area contributed by atoms with Crippen LogP contribution in [0.5, 0.6) is 0 Å². The summed E-state index contributed by atoms with van der Waals surface area (Å²) in [5.74, 6) is 1.42. The van der Waals surface area contributed by atoms with Crippen molar-refractivity contribution in [3.63, 3.8) is 0 Å². The van der Waals surface area contributed by atoms with Crippen LogP contribution in [0.4, 0.5) is 0 Å². The van der Waals surface area contributed by atoms with Gasteiger partial charge in [0.05, 0.1) is 55.8 Å². The molecule has 0 bridgehead atoms. The number of benzene rings is 10. The van der Waals surface area contributed by atoms with Gasteiger partial charge in [-0.05, 0) is 60.2 Å². The lowest BCUT2D eigenvalue weighted by Crippen LogP contribution is -2.11. The molecule has 0 fully saturated rings. The van der Waals surface area contributed by atoms with Gasteiger partial charge >= 0.3 is 0 Å². The van der Waals surface area contributed by atoms with Crippen molar-refractivity contribution in [1.29, 1.82) is 5.26 Å². The Balaban J connectivity index is 1.19. The lowest BCUT2D eigenvalue weighted by Gasteiger charge is -2.24. The quantitative estimate of drug-likeness (QED) is 0.165. The molecule has 0 radical (unpaired) electrons. The molecule has 8 nitrogen and oxygen atoms in total. The molecule has 0 saturated carbocycles. The Morgan fingerprint density at radius 3 is 1.28 bits per heavy atom. The third kappa shape index (κ3) is 5.76. The maximum atomic E-state index is 11.7. The predicted octanol–water partition coefficient (Wildman–Crippen LogP) is 16.4. The Kier molecular flexibility index (Phi) is 8.55. The Bertz CT molecular complexity index is 4690. The first-order valence-corrected chi connectivity index (χ1v) is 23.9. The highest BCUT2D eigenvalue weighted by Crippen LogP contribution is 2.50. The molecule has 0 spiro atoms. The fourth-order valence-corrected chi connectivity index (χ4v) is 11.1. The van der Waals surface area contributed by atoms with Gasteiger partial charge in [0.2, 0.25) is 0 Å². The second kappa shape index (κ2) is 15.5. The molecule has 8 heteroatoms. The van der Waals surface area contributed by atoms with Gasteiger partial charge in [-0.15, -0.1) is 0 Å². The topological polar surface area (TPSA) is 98.6 Å². The van der Waals surface area contributed by atoms with Crippen molar-refractivity contribution in [2.24, 2.45) is 0 Å². The van der Waals surface area contributed by atoms with E-state index in [-0.39, 0.29) is 0 Å². The number of nitrogens with zero attached hydrogens (tertiary/aromatic N) is 6. The number of fused-ring (bicyclic) bond motifs is 14. The van der Waals surface area contributed by atoms with E-state index >= 15 is 0 Å². The van der Waals surface area contributed by atoms with Crippen LogP contribution >= 0.6 is 0 Å². The van der Waals surface area contributed by atoms with Gasteiger partial charge in [-0.1, -0.05) is 164 Å². The minimum atomic E-state index is 0.409. The molecule has 0 atom stereocenters. The van der Waals surface area contributed by atoms with Crippen LogP contribution in [0.2, 0.25) is 0 Å². The van der Waals surface area contributed by atoms with Gasteiger partial charge in [0, 0.05) is 54.6 Å². The molecular formula is C64H36N6O2. The Morgan fingerprint density at radius 1 is 0.361 bits per heavy atom. The van der Waals surface area contributed by atoms with E-state index in [0.717, 1.165) is 121 Å². The van der Waals surface area contributed by atoms with Gasteiger partial charge in [-0.3, -0.25) is 0 Å². The molecule has 15 rings (SSSR count). The summed E-state index contributed by atoms with van der Waals surface area (Å²) in [5.41, 5.74) is 12.9. The molecule has 0 N–H and O–H groups in total. The average Bonchev–Trinajstić information content (AvgIpc) is 4.21. The summed E-state index contributed by atoms with van der Waals surface area (Å²) in [6.45, 7) is 0.